The van der Waals surface area contributed by atoms with Crippen LogP contribution < -0.4 is 0 Å². The van der Waals surface area contributed by atoms with E-state index in [1.165, 1.54) is 49.7 Å². The molecule has 108 valence electrons. The molecular weight excluding hydrogens is 264 g/mol. The summed E-state index contributed by atoms with van der Waals surface area (Å²) in [5, 5.41) is 0. The van der Waals surface area contributed by atoms with E-state index in [1.54, 1.807) is 5.56 Å². The third-order valence-electron chi connectivity index (χ3n) is 5.32. The number of hydrogen-bond acceptors (Lipinski definition) is 3. The maximum Gasteiger partial charge on any atom is 0.0224 e. The lowest BCUT2D eigenvalue weighted by Crippen LogP contribution is -2.55. The maximum absolute atomic E-state index is 2.76. The third-order valence-corrected chi connectivity index (χ3v) is 6.57. The number of thioether (sulfide) groups is 1. The van der Waals surface area contributed by atoms with Gasteiger partial charge in [0.2, 0.25) is 0 Å². The molecule has 4 rings (SSSR count). The van der Waals surface area contributed by atoms with Crippen molar-refractivity contribution < 1.29 is 0 Å². The van der Waals surface area contributed by atoms with Crippen LogP contribution in [0.5, 0.6) is 0 Å². The van der Waals surface area contributed by atoms with Gasteiger partial charge in [-0.1, -0.05) is 18.2 Å². The Kier molecular flexibility index (Phi) is 3.53. The van der Waals surface area contributed by atoms with Gasteiger partial charge in [0.15, 0.2) is 0 Å². The summed E-state index contributed by atoms with van der Waals surface area (Å²) in [6.07, 6.45) is 2.83. The van der Waals surface area contributed by atoms with Crippen LogP contribution in [0.4, 0.5) is 0 Å². The largest absolute Gasteiger partial charge is 0.298 e. The first-order valence-corrected chi connectivity index (χ1v) is 8.99. The van der Waals surface area contributed by atoms with Gasteiger partial charge in [0.25, 0.3) is 0 Å². The average Bonchev–Trinajstić information content (AvgIpc) is 3.06. The highest BCUT2D eigenvalue weighted by atomic mass is 32.2. The predicted molar refractivity (Wildman–Crippen MR) is 85.5 cm³/mol. The van der Waals surface area contributed by atoms with Crippen molar-refractivity contribution in [3.63, 3.8) is 0 Å². The third kappa shape index (κ3) is 2.30. The van der Waals surface area contributed by atoms with Crippen LogP contribution >= 0.6 is 11.8 Å². The number of benzene rings is 1. The zero-order valence-electron chi connectivity index (χ0n) is 12.3. The summed E-state index contributed by atoms with van der Waals surface area (Å²) in [6.45, 7) is 7.60. The van der Waals surface area contributed by atoms with Gasteiger partial charge in [-0.25, -0.2) is 0 Å². The van der Waals surface area contributed by atoms with Gasteiger partial charge >= 0.3 is 0 Å². The Hall–Kier alpha value is -0.510. The Morgan fingerprint density at radius 3 is 3.10 bits per heavy atom. The molecule has 0 saturated carbocycles. The van der Waals surface area contributed by atoms with E-state index in [0.717, 1.165) is 18.0 Å². The van der Waals surface area contributed by atoms with E-state index in [1.807, 2.05) is 11.8 Å². The molecular formula is C17H24N2S. The fraction of sp³-hybridized carbons (Fsp3) is 0.647. The molecule has 2 saturated heterocycles. The van der Waals surface area contributed by atoms with Crippen molar-refractivity contribution in [1.82, 2.24) is 9.80 Å². The van der Waals surface area contributed by atoms with E-state index in [-0.39, 0.29) is 0 Å². The van der Waals surface area contributed by atoms with Crippen molar-refractivity contribution in [2.45, 2.75) is 42.7 Å². The van der Waals surface area contributed by atoms with Crippen molar-refractivity contribution in [2.75, 3.05) is 31.9 Å². The van der Waals surface area contributed by atoms with E-state index in [0.29, 0.717) is 0 Å². The van der Waals surface area contributed by atoms with Crippen LogP contribution in [-0.2, 0) is 0 Å². The van der Waals surface area contributed by atoms with Crippen LogP contribution in [0.2, 0.25) is 0 Å². The molecule has 3 heterocycles. The molecule has 0 spiro atoms. The monoisotopic (exact) mass is 288 g/mol. The van der Waals surface area contributed by atoms with Crippen molar-refractivity contribution in [2.24, 2.45) is 0 Å². The van der Waals surface area contributed by atoms with E-state index >= 15 is 0 Å². The van der Waals surface area contributed by atoms with E-state index in [2.05, 4.69) is 41.0 Å². The number of nitrogens with zero attached hydrogens (tertiary/aromatic N) is 2. The van der Waals surface area contributed by atoms with Gasteiger partial charge in [-0.2, -0.15) is 0 Å². The van der Waals surface area contributed by atoms with Gasteiger partial charge < -0.3 is 0 Å². The summed E-state index contributed by atoms with van der Waals surface area (Å²) < 4.78 is 0. The molecule has 3 atom stereocenters. The highest BCUT2D eigenvalue weighted by molar-refractivity contribution is 7.99. The Bertz CT molecular complexity index is 490. The Labute approximate surface area is 126 Å². The average molecular weight is 288 g/mol. The molecule has 3 aliphatic heterocycles. The lowest BCUT2D eigenvalue weighted by Gasteiger charge is -2.43. The van der Waals surface area contributed by atoms with Crippen molar-refractivity contribution >= 4 is 11.8 Å². The van der Waals surface area contributed by atoms with Crippen LogP contribution in [0, 0.1) is 0 Å². The Morgan fingerprint density at radius 1 is 1.25 bits per heavy atom. The summed E-state index contributed by atoms with van der Waals surface area (Å²) in [6, 6.07) is 10.6. The van der Waals surface area contributed by atoms with Crippen LogP contribution in [0.1, 0.15) is 31.2 Å². The molecule has 0 radical (unpaired) electrons. The van der Waals surface area contributed by atoms with Gasteiger partial charge in [-0.05, 0) is 37.9 Å². The van der Waals surface area contributed by atoms with Crippen LogP contribution in [-0.4, -0.2) is 53.8 Å². The number of hydrogen-bond donors (Lipinski definition) is 0. The second-order valence-electron chi connectivity index (χ2n) is 6.64. The number of piperazine rings is 1. The lowest BCUT2D eigenvalue weighted by molar-refractivity contribution is 0.0565. The lowest BCUT2D eigenvalue weighted by atomic mass is 9.98. The summed E-state index contributed by atoms with van der Waals surface area (Å²) >= 11 is 2.05. The topological polar surface area (TPSA) is 6.48 Å². The van der Waals surface area contributed by atoms with Gasteiger partial charge in [0.1, 0.15) is 0 Å². The highest BCUT2D eigenvalue weighted by Crippen LogP contribution is 2.40. The minimum absolute atomic E-state index is 0.724. The first-order valence-electron chi connectivity index (χ1n) is 8.01. The number of rotatable bonds is 2. The maximum atomic E-state index is 2.76. The Balaban J connectivity index is 1.47. The molecule has 1 aromatic carbocycles. The minimum atomic E-state index is 0.724. The first-order chi connectivity index (χ1) is 9.81. The van der Waals surface area contributed by atoms with E-state index in [4.69, 9.17) is 0 Å². The zero-order valence-corrected chi connectivity index (χ0v) is 13.1. The fourth-order valence-electron chi connectivity index (χ4n) is 4.17. The van der Waals surface area contributed by atoms with E-state index < -0.39 is 0 Å². The molecule has 2 fully saturated rings. The van der Waals surface area contributed by atoms with Crippen molar-refractivity contribution in [3.8, 4) is 0 Å². The quantitative estimate of drug-likeness (QED) is 0.826. The molecule has 0 N–H and O–H groups in total. The van der Waals surface area contributed by atoms with Crippen molar-refractivity contribution in [1.29, 1.82) is 0 Å². The Morgan fingerprint density at radius 2 is 2.15 bits per heavy atom. The van der Waals surface area contributed by atoms with Gasteiger partial charge in [0, 0.05) is 48.3 Å². The second-order valence-corrected chi connectivity index (χ2v) is 7.70. The highest BCUT2D eigenvalue weighted by Gasteiger charge is 2.36. The van der Waals surface area contributed by atoms with Gasteiger partial charge in [-0.15, -0.1) is 11.8 Å². The standard InChI is InChI=1S/C17H24N2S/c1-13-9-18-8-4-5-15(18)11-19(13)10-14-12-20-17-7-3-2-6-16(14)17/h2-3,6-7,13-15H,4-5,8-12H2,1H3. The molecule has 0 bridgehead atoms. The molecule has 3 aliphatic rings. The minimum Gasteiger partial charge on any atom is -0.298 e. The fourth-order valence-corrected chi connectivity index (χ4v) is 5.41. The molecule has 20 heavy (non-hydrogen) atoms. The summed E-state index contributed by atoms with van der Waals surface area (Å²) in [5.74, 6) is 2.02. The second kappa shape index (κ2) is 5.36. The predicted octanol–water partition coefficient (Wildman–Crippen LogP) is 3.04. The van der Waals surface area contributed by atoms with Crippen LogP contribution in [0.15, 0.2) is 29.2 Å². The summed E-state index contributed by atoms with van der Waals surface area (Å²) in [4.78, 5) is 7.00. The van der Waals surface area contributed by atoms with Gasteiger partial charge in [0.05, 0.1) is 0 Å². The zero-order chi connectivity index (χ0) is 13.5. The molecule has 3 unspecified atom stereocenters. The summed E-state index contributed by atoms with van der Waals surface area (Å²) in [5.41, 5.74) is 1.60. The molecule has 3 heteroatoms. The SMILES string of the molecule is CC1CN2CCCC2CN1CC1CSc2ccccc21. The number of fused-ring (bicyclic) bond motifs is 2. The molecule has 0 amide bonds. The molecule has 2 nitrogen and oxygen atoms in total. The molecule has 0 aromatic heterocycles. The van der Waals surface area contributed by atoms with E-state index in [9.17, 15) is 0 Å². The summed E-state index contributed by atoms with van der Waals surface area (Å²) in [7, 11) is 0. The molecule has 0 aliphatic carbocycles. The van der Waals surface area contributed by atoms with Crippen LogP contribution in [0.25, 0.3) is 0 Å². The normalized spacial score (nSPS) is 34.1. The molecule has 1 aromatic rings. The van der Waals surface area contributed by atoms with Gasteiger partial charge in [-0.3, -0.25) is 9.80 Å². The smallest absolute Gasteiger partial charge is 0.0224 e. The first kappa shape index (κ1) is 13.2. The van der Waals surface area contributed by atoms with Crippen molar-refractivity contribution in [3.05, 3.63) is 29.8 Å². The van der Waals surface area contributed by atoms with Crippen LogP contribution in [0.3, 0.4) is 0 Å².